The monoisotopic (exact) mass is 195 g/mol. The van der Waals surface area contributed by atoms with Crippen molar-refractivity contribution in [3.63, 3.8) is 0 Å². The third kappa shape index (κ3) is 33.5. The van der Waals surface area contributed by atoms with Crippen LogP contribution in [0.2, 0.25) is 0 Å². The summed E-state index contributed by atoms with van der Waals surface area (Å²) in [6.07, 6.45) is 0. The molecule has 0 saturated carbocycles. The molecule has 0 spiro atoms. The first-order chi connectivity index (χ1) is 1.73. The Hall–Kier alpha value is 2.30. The van der Waals surface area contributed by atoms with Crippen molar-refractivity contribution in [2.75, 3.05) is 0 Å². The molecule has 0 aromatic heterocycles. The van der Waals surface area contributed by atoms with Gasteiger partial charge in [-0.2, -0.15) is 0 Å². The van der Waals surface area contributed by atoms with Crippen LogP contribution >= 0.6 is 0 Å². The van der Waals surface area contributed by atoms with Gasteiger partial charge in [0.05, 0.1) is 0 Å². The van der Waals surface area contributed by atoms with Gasteiger partial charge in [-0.05, 0) is 0 Å². The molecule has 6 heavy (non-hydrogen) atoms. The van der Waals surface area contributed by atoms with Crippen LogP contribution in [-0.2, 0) is 39.8 Å². The molecule has 6 heteroatoms. The van der Waals surface area contributed by atoms with Crippen molar-refractivity contribution in [2.24, 2.45) is 0 Å². The van der Waals surface area contributed by atoms with E-state index in [0.717, 1.165) is 0 Å². The standard InChI is InChI=1S/K.Mn.H2O.2O.V.H/h;;1H2;;;;/q;;;;;+1;/p-1. The molecule has 0 fully saturated rings. The summed E-state index contributed by atoms with van der Waals surface area (Å²) in [7, 11) is 0. The molecule has 0 aromatic rings. The topological polar surface area (TPSA) is 54.4 Å². The predicted octanol–water partition coefficient (Wildman–Crippen LogP) is -1.45. The molecule has 0 rings (SSSR count). The molecule has 1 N–H and O–H groups in total. The molecule has 0 unspecified atom stereocenters. The third-order valence-electron chi connectivity index (χ3n) is 0. The Labute approximate surface area is 93.1 Å². The van der Waals surface area contributed by atoms with Crippen molar-refractivity contribution in [2.45, 2.75) is 0 Å². The van der Waals surface area contributed by atoms with Crippen LogP contribution in [0.25, 0.3) is 0 Å². The minimum atomic E-state index is -3.69. The number of rotatable bonds is 0. The Morgan fingerprint density at radius 2 is 1.33 bits per heavy atom. The normalized spacial score (nSPS) is 4.17. The molecule has 0 amide bonds. The summed E-state index contributed by atoms with van der Waals surface area (Å²) in [5.41, 5.74) is 0. The molecule has 0 saturated heterocycles. The van der Waals surface area contributed by atoms with Crippen LogP contribution in [0.5, 0.6) is 0 Å². The zero-order chi connectivity index (χ0) is 3.58. The van der Waals surface area contributed by atoms with E-state index in [-0.39, 0.29) is 68.5 Å². The van der Waals surface area contributed by atoms with Gasteiger partial charge in [0.15, 0.2) is 0 Å². The van der Waals surface area contributed by atoms with Gasteiger partial charge >= 0.3 is 78.2 Å². The van der Waals surface area contributed by atoms with Crippen LogP contribution in [-0.4, -0.2) is 55.4 Å². The quantitative estimate of drug-likeness (QED) is 0.481. The summed E-state index contributed by atoms with van der Waals surface area (Å²) in [5, 5.41) is 0. The summed E-state index contributed by atoms with van der Waals surface area (Å²) >= 11 is -3.69. The minimum absolute atomic E-state index is 0. The molecular weight excluding hydrogens is 193 g/mol. The maximum atomic E-state index is 8.67. The van der Waals surface area contributed by atoms with Crippen molar-refractivity contribution in [1.29, 1.82) is 0 Å². The van der Waals surface area contributed by atoms with Crippen LogP contribution in [0, 0.1) is 0 Å². The first-order valence-corrected chi connectivity index (χ1v) is 2.33. The van der Waals surface area contributed by atoms with E-state index in [1.54, 1.807) is 0 Å². The summed E-state index contributed by atoms with van der Waals surface area (Å²) in [6, 6.07) is 0. The summed E-state index contributed by atoms with van der Waals surface area (Å²) < 4.78 is 24.4. The molecule has 1 radical (unpaired) electrons. The van der Waals surface area contributed by atoms with E-state index < -0.39 is 15.4 Å². The van der Waals surface area contributed by atoms with Gasteiger partial charge in [-0.25, -0.2) is 0 Å². The van der Waals surface area contributed by atoms with Gasteiger partial charge in [0.25, 0.3) is 0 Å². The van der Waals surface area contributed by atoms with Crippen LogP contribution in [0.4, 0.5) is 0 Å². The molecule has 0 heterocycles. The first-order valence-electron chi connectivity index (χ1n) is 0.565. The maximum absolute atomic E-state index is 8.67. The van der Waals surface area contributed by atoms with Gasteiger partial charge < -0.3 is 0 Å². The summed E-state index contributed by atoms with van der Waals surface area (Å²) in [6.45, 7) is 0. The van der Waals surface area contributed by atoms with Crippen LogP contribution in [0.15, 0.2) is 0 Å². The van der Waals surface area contributed by atoms with Gasteiger partial charge in [0, 0.05) is 17.1 Å². The van der Waals surface area contributed by atoms with Crippen molar-refractivity contribution >= 4 is 51.4 Å². The van der Waals surface area contributed by atoms with Gasteiger partial charge in [-0.15, -0.1) is 0 Å². The van der Waals surface area contributed by atoms with E-state index in [1.807, 2.05) is 0 Å². The molecule has 3 nitrogen and oxygen atoms in total. The Morgan fingerprint density at radius 1 is 1.33 bits per heavy atom. The Kier molecular flexibility index (Phi) is 27.1. The van der Waals surface area contributed by atoms with E-state index in [1.165, 1.54) is 0 Å². The molecule has 0 aliphatic carbocycles. The molecule has 0 bridgehead atoms. The fourth-order valence-corrected chi connectivity index (χ4v) is 0. The SMILES string of the molecule is [KH].[Mn].[O]=[V](=[O])[OH]. The summed E-state index contributed by atoms with van der Waals surface area (Å²) in [4.78, 5) is 0. The molecular formula is H2KMnO3V. The zero-order valence-corrected chi connectivity index (χ0v) is 4.67. The molecule has 33 valence electrons. The third-order valence-corrected chi connectivity index (χ3v) is 0. The number of hydrogen-bond donors (Lipinski definition) is 1. The number of hydrogen-bond acceptors (Lipinski definition) is 2. The average molecular weight is 195 g/mol. The van der Waals surface area contributed by atoms with E-state index in [9.17, 15) is 0 Å². The molecule has 0 aliphatic heterocycles. The second kappa shape index (κ2) is 10.3. The predicted molar refractivity (Wildman–Crippen MR) is 10.7 cm³/mol. The Morgan fingerprint density at radius 3 is 1.33 bits per heavy atom. The van der Waals surface area contributed by atoms with Crippen molar-refractivity contribution in [3.8, 4) is 0 Å². The second-order valence-electron chi connectivity index (χ2n) is 0.238. The van der Waals surface area contributed by atoms with E-state index in [0.29, 0.717) is 0 Å². The fourth-order valence-electron chi connectivity index (χ4n) is 0. The Balaban J connectivity index is -0.0000000450. The first kappa shape index (κ1) is 15.7. The van der Waals surface area contributed by atoms with Crippen molar-refractivity contribution in [1.82, 2.24) is 0 Å². The second-order valence-corrected chi connectivity index (χ2v) is 0.981. The molecule has 0 atom stereocenters. The van der Waals surface area contributed by atoms with E-state index in [4.69, 9.17) is 11.4 Å². The van der Waals surface area contributed by atoms with Crippen molar-refractivity contribution < 1.29 is 43.8 Å². The van der Waals surface area contributed by atoms with Crippen molar-refractivity contribution in [3.05, 3.63) is 0 Å². The fraction of sp³-hybridized carbons (Fsp3) is 0. The van der Waals surface area contributed by atoms with Gasteiger partial charge in [0.1, 0.15) is 0 Å². The van der Waals surface area contributed by atoms with E-state index in [2.05, 4.69) is 0 Å². The summed E-state index contributed by atoms with van der Waals surface area (Å²) in [5.74, 6) is 0. The van der Waals surface area contributed by atoms with E-state index >= 15 is 0 Å². The van der Waals surface area contributed by atoms with Crippen LogP contribution in [0.1, 0.15) is 0 Å². The van der Waals surface area contributed by atoms with Gasteiger partial charge in [-0.3, -0.25) is 0 Å². The molecule has 0 aromatic carbocycles. The van der Waals surface area contributed by atoms with Gasteiger partial charge in [0.2, 0.25) is 0 Å². The molecule has 0 aliphatic rings. The zero-order valence-electron chi connectivity index (χ0n) is 2.09. The van der Waals surface area contributed by atoms with Crippen LogP contribution < -0.4 is 0 Å². The average Bonchev–Trinajstić information content (AvgIpc) is 0.811. The van der Waals surface area contributed by atoms with Crippen LogP contribution in [0.3, 0.4) is 0 Å². The Bertz CT molecular complexity index is 59.2. The van der Waals surface area contributed by atoms with Gasteiger partial charge in [-0.1, -0.05) is 0 Å².